The molecule has 114 valence electrons. The number of carbonyl (C=O) groups is 2. The van der Waals surface area contributed by atoms with E-state index in [-0.39, 0.29) is 17.9 Å². The van der Waals surface area contributed by atoms with Crippen molar-refractivity contribution in [2.24, 2.45) is 0 Å². The number of aromatic nitrogens is 2. The summed E-state index contributed by atoms with van der Waals surface area (Å²) in [5, 5.41) is 22.8. The lowest BCUT2D eigenvalue weighted by Gasteiger charge is -2.05. The highest BCUT2D eigenvalue weighted by atomic mass is 32.1. The Balaban J connectivity index is 1.69. The number of amides is 2. The van der Waals surface area contributed by atoms with Crippen LogP contribution in [0.5, 0.6) is 0 Å². The summed E-state index contributed by atoms with van der Waals surface area (Å²) in [6.07, 6.45) is -0.263. The minimum atomic E-state index is -1.02. The smallest absolute Gasteiger partial charge is 0.404 e. The average molecular weight is 318 g/mol. The number of carboxylic acid groups (broad SMARTS) is 1. The molecule has 1 aromatic carbocycles. The molecule has 0 bridgehead atoms. The van der Waals surface area contributed by atoms with Crippen LogP contribution >= 0.6 is 11.3 Å². The van der Waals surface area contributed by atoms with E-state index in [2.05, 4.69) is 20.8 Å². The number of benzene rings is 1. The number of rotatable bonds is 4. The highest BCUT2D eigenvalue weighted by Gasteiger charge is 2.39. The van der Waals surface area contributed by atoms with Gasteiger partial charge in [0.05, 0.1) is 0 Å². The fourth-order valence-electron chi connectivity index (χ4n) is 2.31. The van der Waals surface area contributed by atoms with E-state index < -0.39 is 6.09 Å². The molecule has 1 heterocycles. The van der Waals surface area contributed by atoms with Gasteiger partial charge in [-0.15, -0.1) is 10.2 Å². The lowest BCUT2D eigenvalue weighted by Crippen LogP contribution is -2.24. The van der Waals surface area contributed by atoms with Crippen molar-refractivity contribution < 1.29 is 14.7 Å². The number of hydrogen-bond donors (Lipinski definition) is 3. The first kappa shape index (κ1) is 14.5. The summed E-state index contributed by atoms with van der Waals surface area (Å²) >= 11 is 1.31. The van der Waals surface area contributed by atoms with Crippen molar-refractivity contribution in [3.8, 4) is 0 Å². The third-order valence-electron chi connectivity index (χ3n) is 3.42. The summed E-state index contributed by atoms with van der Waals surface area (Å²) < 4.78 is 0. The molecule has 0 aliphatic heterocycles. The molecule has 7 nitrogen and oxygen atoms in total. The molecule has 0 spiro atoms. The van der Waals surface area contributed by atoms with Gasteiger partial charge in [0.15, 0.2) is 0 Å². The maximum absolute atomic E-state index is 12.2. The molecule has 2 atom stereocenters. The fraction of sp³-hybridized carbons (Fsp3) is 0.286. The van der Waals surface area contributed by atoms with Crippen LogP contribution in [0.3, 0.4) is 0 Å². The zero-order chi connectivity index (χ0) is 15.7. The van der Waals surface area contributed by atoms with Crippen LogP contribution in [0, 0.1) is 6.92 Å². The molecule has 1 aromatic heterocycles. The highest BCUT2D eigenvalue weighted by molar-refractivity contribution is 7.15. The molecule has 0 radical (unpaired) electrons. The Morgan fingerprint density at radius 2 is 2.18 bits per heavy atom. The Morgan fingerprint density at radius 1 is 1.36 bits per heavy atom. The molecular formula is C14H14N4O3S. The number of hydrogen-bond acceptors (Lipinski definition) is 5. The van der Waals surface area contributed by atoms with Crippen LogP contribution in [-0.4, -0.2) is 33.3 Å². The molecule has 3 rings (SSSR count). The van der Waals surface area contributed by atoms with Crippen molar-refractivity contribution in [3.05, 3.63) is 40.4 Å². The van der Waals surface area contributed by atoms with E-state index in [1.54, 1.807) is 18.2 Å². The number of nitrogens with zero attached hydrogens (tertiary/aromatic N) is 2. The molecule has 22 heavy (non-hydrogen) atoms. The van der Waals surface area contributed by atoms with E-state index in [9.17, 15) is 9.59 Å². The second kappa shape index (κ2) is 5.72. The first-order chi connectivity index (χ1) is 10.5. The van der Waals surface area contributed by atoms with E-state index in [0.717, 1.165) is 17.0 Å². The van der Waals surface area contributed by atoms with E-state index >= 15 is 0 Å². The molecule has 1 saturated carbocycles. The molecule has 3 N–H and O–H groups in total. The monoisotopic (exact) mass is 318 g/mol. The van der Waals surface area contributed by atoms with Gasteiger partial charge < -0.3 is 10.4 Å². The average Bonchev–Trinajstić information content (AvgIpc) is 3.11. The van der Waals surface area contributed by atoms with E-state index in [1.807, 2.05) is 13.0 Å². The SMILES string of the molecule is Cc1nnc(NC(=O)c2cccc([C@@H]3C[C@H]3NC(=O)O)c2)s1. The van der Waals surface area contributed by atoms with Crippen molar-refractivity contribution in [1.29, 1.82) is 0 Å². The zero-order valence-corrected chi connectivity index (χ0v) is 12.6. The summed E-state index contributed by atoms with van der Waals surface area (Å²) in [6.45, 7) is 1.82. The van der Waals surface area contributed by atoms with Crippen LogP contribution in [0.2, 0.25) is 0 Å². The minimum Gasteiger partial charge on any atom is -0.465 e. The third-order valence-corrected chi connectivity index (χ3v) is 4.18. The number of carbonyl (C=O) groups excluding carboxylic acids is 1. The van der Waals surface area contributed by atoms with E-state index in [4.69, 9.17) is 5.11 Å². The fourth-order valence-corrected chi connectivity index (χ4v) is 2.90. The standard InChI is InChI=1S/C14H14N4O3S/c1-7-17-18-13(22-7)16-12(19)9-4-2-3-8(5-9)10-6-11(10)15-14(20)21/h2-5,10-11,15H,6H2,1H3,(H,20,21)(H,16,18,19)/t10-,11+/m0/s1. The Kier molecular flexibility index (Phi) is 3.76. The summed E-state index contributed by atoms with van der Waals surface area (Å²) in [4.78, 5) is 22.8. The van der Waals surface area contributed by atoms with Crippen LogP contribution in [0.4, 0.5) is 9.93 Å². The van der Waals surface area contributed by atoms with Gasteiger partial charge in [-0.1, -0.05) is 23.5 Å². The van der Waals surface area contributed by atoms with Crippen LogP contribution in [0.1, 0.15) is 33.3 Å². The summed E-state index contributed by atoms with van der Waals surface area (Å²) in [5.41, 5.74) is 1.48. The molecule has 0 saturated heterocycles. The van der Waals surface area contributed by atoms with Crippen LogP contribution < -0.4 is 10.6 Å². The van der Waals surface area contributed by atoms with Crippen LogP contribution in [0.25, 0.3) is 0 Å². The third kappa shape index (κ3) is 3.22. The van der Waals surface area contributed by atoms with Gasteiger partial charge in [-0.2, -0.15) is 0 Å². The van der Waals surface area contributed by atoms with Gasteiger partial charge in [0.2, 0.25) is 5.13 Å². The first-order valence-electron chi connectivity index (χ1n) is 6.74. The molecule has 0 unspecified atom stereocenters. The predicted octanol–water partition coefficient (Wildman–Crippen LogP) is 2.22. The summed E-state index contributed by atoms with van der Waals surface area (Å²) in [7, 11) is 0. The van der Waals surface area contributed by atoms with Crippen molar-refractivity contribution >= 4 is 28.5 Å². The van der Waals surface area contributed by atoms with Gasteiger partial charge in [0.1, 0.15) is 5.01 Å². The molecule has 1 aliphatic carbocycles. The predicted molar refractivity (Wildman–Crippen MR) is 81.3 cm³/mol. The molecule has 8 heteroatoms. The molecule has 1 fully saturated rings. The minimum absolute atomic E-state index is 0.0679. The summed E-state index contributed by atoms with van der Waals surface area (Å²) in [5.74, 6) is -0.117. The number of nitrogens with one attached hydrogen (secondary N) is 2. The quantitative estimate of drug-likeness (QED) is 0.802. The first-order valence-corrected chi connectivity index (χ1v) is 7.55. The van der Waals surface area contributed by atoms with Gasteiger partial charge in [-0.25, -0.2) is 4.79 Å². The Bertz CT molecular complexity index is 730. The molecule has 2 aromatic rings. The van der Waals surface area contributed by atoms with Gasteiger partial charge in [-0.05, 0) is 31.0 Å². The highest BCUT2D eigenvalue weighted by Crippen LogP contribution is 2.40. The second-order valence-electron chi connectivity index (χ2n) is 5.10. The van der Waals surface area contributed by atoms with Crippen molar-refractivity contribution in [1.82, 2.24) is 15.5 Å². The van der Waals surface area contributed by atoms with Gasteiger partial charge in [0.25, 0.3) is 5.91 Å². The Labute approximate surface area is 130 Å². The molecular weight excluding hydrogens is 304 g/mol. The van der Waals surface area contributed by atoms with Crippen LogP contribution in [0.15, 0.2) is 24.3 Å². The van der Waals surface area contributed by atoms with Gasteiger partial charge in [0, 0.05) is 17.5 Å². The Morgan fingerprint density at radius 3 is 2.86 bits per heavy atom. The maximum atomic E-state index is 12.2. The van der Waals surface area contributed by atoms with E-state index in [0.29, 0.717) is 10.7 Å². The Hall–Kier alpha value is -2.48. The lowest BCUT2D eigenvalue weighted by molar-refractivity contribution is 0.102. The molecule has 2 amide bonds. The number of anilines is 1. The van der Waals surface area contributed by atoms with Crippen LogP contribution in [-0.2, 0) is 0 Å². The van der Waals surface area contributed by atoms with Gasteiger partial charge >= 0.3 is 6.09 Å². The zero-order valence-electron chi connectivity index (χ0n) is 11.7. The largest absolute Gasteiger partial charge is 0.465 e. The summed E-state index contributed by atoms with van der Waals surface area (Å²) in [6, 6.07) is 7.14. The topological polar surface area (TPSA) is 104 Å². The van der Waals surface area contributed by atoms with E-state index in [1.165, 1.54) is 11.3 Å². The van der Waals surface area contributed by atoms with Crippen molar-refractivity contribution in [2.45, 2.75) is 25.3 Å². The normalized spacial score (nSPS) is 19.5. The van der Waals surface area contributed by atoms with Gasteiger partial charge in [-0.3, -0.25) is 10.1 Å². The second-order valence-corrected chi connectivity index (χ2v) is 6.29. The van der Waals surface area contributed by atoms with Crippen molar-refractivity contribution in [2.75, 3.05) is 5.32 Å². The maximum Gasteiger partial charge on any atom is 0.404 e. The molecule has 1 aliphatic rings. The lowest BCUT2D eigenvalue weighted by atomic mass is 10.1. The number of aryl methyl sites for hydroxylation is 1. The van der Waals surface area contributed by atoms with Crippen molar-refractivity contribution in [3.63, 3.8) is 0 Å².